The van der Waals surface area contributed by atoms with Gasteiger partial charge in [-0.1, -0.05) is 12.1 Å². The van der Waals surface area contributed by atoms with Gasteiger partial charge in [-0.15, -0.1) is 0 Å². The molecule has 1 rings (SSSR count). The molecule has 0 spiro atoms. The number of carbonyl (C=O) groups is 1. The highest BCUT2D eigenvalue weighted by molar-refractivity contribution is 7.80. The van der Waals surface area contributed by atoms with Crippen LogP contribution in [0.1, 0.15) is 31.9 Å². The van der Waals surface area contributed by atoms with Gasteiger partial charge in [-0.2, -0.15) is 0 Å². The van der Waals surface area contributed by atoms with Crippen molar-refractivity contribution in [2.24, 2.45) is 0 Å². The molecule has 21 heavy (non-hydrogen) atoms. The standard InChI is InChI=1S/C16H25N3OS/c1-11-7-8-12(2)13(9-11)17-15(21)19(6)10-14(20)18-16(3,4)5/h7-9H,10H2,1-6H3,(H,17,21)(H,18,20). The number of rotatable bonds is 3. The predicted octanol–water partition coefficient (Wildman–Crippen LogP) is 2.85. The lowest BCUT2D eigenvalue weighted by atomic mass is 10.1. The average molecular weight is 307 g/mol. The largest absolute Gasteiger partial charge is 0.350 e. The van der Waals surface area contributed by atoms with Crippen molar-refractivity contribution >= 4 is 28.9 Å². The van der Waals surface area contributed by atoms with Crippen molar-refractivity contribution in [1.82, 2.24) is 10.2 Å². The van der Waals surface area contributed by atoms with Crippen molar-refractivity contribution in [3.8, 4) is 0 Å². The number of hydrogen-bond acceptors (Lipinski definition) is 2. The van der Waals surface area contributed by atoms with E-state index in [0.29, 0.717) is 5.11 Å². The fourth-order valence-corrected chi connectivity index (χ4v) is 2.00. The molecule has 0 aliphatic heterocycles. The molecule has 0 saturated heterocycles. The molecule has 0 unspecified atom stereocenters. The molecule has 116 valence electrons. The summed E-state index contributed by atoms with van der Waals surface area (Å²) >= 11 is 5.36. The van der Waals surface area contributed by atoms with Crippen molar-refractivity contribution in [2.75, 3.05) is 18.9 Å². The molecule has 1 amide bonds. The smallest absolute Gasteiger partial charge is 0.239 e. The van der Waals surface area contributed by atoms with E-state index in [4.69, 9.17) is 12.2 Å². The zero-order chi connectivity index (χ0) is 16.2. The predicted molar refractivity (Wildman–Crippen MR) is 92.7 cm³/mol. The normalized spacial score (nSPS) is 11.0. The van der Waals surface area contributed by atoms with Crippen molar-refractivity contribution in [2.45, 2.75) is 40.2 Å². The highest BCUT2D eigenvalue weighted by Crippen LogP contribution is 2.16. The van der Waals surface area contributed by atoms with Crippen LogP contribution in [0.15, 0.2) is 18.2 Å². The first kappa shape index (κ1) is 17.4. The number of thiocarbonyl (C=S) groups is 1. The van der Waals surface area contributed by atoms with Crippen LogP contribution in [-0.2, 0) is 4.79 Å². The minimum Gasteiger partial charge on any atom is -0.350 e. The Hall–Kier alpha value is -1.62. The molecule has 0 saturated carbocycles. The van der Waals surface area contributed by atoms with E-state index in [1.165, 1.54) is 5.56 Å². The van der Waals surface area contributed by atoms with Crippen molar-refractivity contribution in [3.63, 3.8) is 0 Å². The fourth-order valence-electron chi connectivity index (χ4n) is 1.83. The first-order valence-corrected chi connectivity index (χ1v) is 7.40. The lowest BCUT2D eigenvalue weighted by Gasteiger charge is -2.25. The second-order valence-electron chi connectivity index (χ2n) is 6.40. The van der Waals surface area contributed by atoms with Gasteiger partial charge in [0.05, 0.1) is 6.54 Å². The van der Waals surface area contributed by atoms with Gasteiger partial charge in [-0.25, -0.2) is 0 Å². The lowest BCUT2D eigenvalue weighted by molar-refractivity contribution is -0.122. The van der Waals surface area contributed by atoms with E-state index < -0.39 is 0 Å². The first-order chi connectivity index (χ1) is 9.58. The van der Waals surface area contributed by atoms with E-state index in [2.05, 4.69) is 16.7 Å². The van der Waals surface area contributed by atoms with Gasteiger partial charge >= 0.3 is 0 Å². The Morgan fingerprint density at radius 3 is 2.48 bits per heavy atom. The molecule has 1 aromatic rings. The minimum absolute atomic E-state index is 0.0462. The summed E-state index contributed by atoms with van der Waals surface area (Å²) in [6.45, 7) is 10.2. The summed E-state index contributed by atoms with van der Waals surface area (Å²) in [6, 6.07) is 6.15. The molecule has 4 nitrogen and oxygen atoms in total. The molecule has 0 aliphatic rings. The van der Waals surface area contributed by atoms with Crippen LogP contribution in [0.3, 0.4) is 0 Å². The molecular formula is C16H25N3OS. The van der Waals surface area contributed by atoms with Crippen LogP contribution in [0, 0.1) is 13.8 Å². The van der Waals surface area contributed by atoms with Crippen LogP contribution in [-0.4, -0.2) is 35.1 Å². The molecule has 2 N–H and O–H groups in total. The van der Waals surface area contributed by atoms with Crippen molar-refractivity contribution < 1.29 is 4.79 Å². The van der Waals surface area contributed by atoms with E-state index in [9.17, 15) is 4.79 Å². The van der Waals surface area contributed by atoms with Crippen LogP contribution in [0.5, 0.6) is 0 Å². The van der Waals surface area contributed by atoms with Crippen molar-refractivity contribution in [1.29, 1.82) is 0 Å². The van der Waals surface area contributed by atoms with Crippen LogP contribution in [0.25, 0.3) is 0 Å². The summed E-state index contributed by atoms with van der Waals surface area (Å²) < 4.78 is 0. The number of hydrogen-bond donors (Lipinski definition) is 2. The van der Waals surface area contributed by atoms with Gasteiger partial charge in [0.25, 0.3) is 0 Å². The Balaban J connectivity index is 2.63. The van der Waals surface area contributed by atoms with Gasteiger partial charge < -0.3 is 15.5 Å². The summed E-state index contributed by atoms with van der Waals surface area (Å²) in [7, 11) is 1.81. The molecular weight excluding hydrogens is 282 g/mol. The molecule has 0 heterocycles. The summed E-state index contributed by atoms with van der Waals surface area (Å²) in [4.78, 5) is 13.6. The molecule has 0 fully saturated rings. The van der Waals surface area contributed by atoms with Gasteiger partial charge in [-0.3, -0.25) is 4.79 Å². The highest BCUT2D eigenvalue weighted by Gasteiger charge is 2.16. The molecule has 5 heteroatoms. The van der Waals surface area contributed by atoms with Gasteiger partial charge in [0.2, 0.25) is 5.91 Å². The SMILES string of the molecule is Cc1ccc(C)c(NC(=S)N(C)CC(=O)NC(C)(C)C)c1. The number of anilines is 1. The number of benzene rings is 1. The third-order valence-corrected chi connectivity index (χ3v) is 3.29. The van der Waals surface area contributed by atoms with E-state index in [0.717, 1.165) is 11.3 Å². The van der Waals surface area contributed by atoms with E-state index in [-0.39, 0.29) is 18.0 Å². The molecule has 0 aromatic heterocycles. The molecule has 0 aliphatic carbocycles. The zero-order valence-electron chi connectivity index (χ0n) is 13.7. The second kappa shape index (κ2) is 6.89. The molecule has 0 bridgehead atoms. The topological polar surface area (TPSA) is 44.4 Å². The Kier molecular flexibility index (Phi) is 5.72. The summed E-state index contributed by atoms with van der Waals surface area (Å²) in [5.74, 6) is -0.0462. The van der Waals surface area contributed by atoms with Crippen molar-refractivity contribution in [3.05, 3.63) is 29.3 Å². The third kappa shape index (κ3) is 6.12. The number of likely N-dealkylation sites (N-methyl/N-ethyl adjacent to an activating group) is 1. The maximum absolute atomic E-state index is 11.9. The van der Waals surface area contributed by atoms with Gasteiger partial charge in [0.1, 0.15) is 0 Å². The monoisotopic (exact) mass is 307 g/mol. The van der Waals surface area contributed by atoms with E-state index in [1.54, 1.807) is 4.90 Å². The van der Waals surface area contributed by atoms with Crippen LogP contribution in [0.2, 0.25) is 0 Å². The number of amides is 1. The number of carbonyl (C=O) groups excluding carboxylic acids is 1. The van der Waals surface area contributed by atoms with E-state index in [1.807, 2.05) is 53.8 Å². The Morgan fingerprint density at radius 2 is 1.90 bits per heavy atom. The number of nitrogens with one attached hydrogen (secondary N) is 2. The first-order valence-electron chi connectivity index (χ1n) is 6.99. The molecule has 1 aromatic carbocycles. The maximum atomic E-state index is 11.9. The second-order valence-corrected chi connectivity index (χ2v) is 6.79. The van der Waals surface area contributed by atoms with Crippen LogP contribution >= 0.6 is 12.2 Å². The zero-order valence-corrected chi connectivity index (χ0v) is 14.5. The van der Waals surface area contributed by atoms with Crippen LogP contribution < -0.4 is 10.6 Å². The summed E-state index contributed by atoms with van der Waals surface area (Å²) in [5.41, 5.74) is 3.03. The highest BCUT2D eigenvalue weighted by atomic mass is 32.1. The molecule has 0 atom stereocenters. The number of aryl methyl sites for hydroxylation is 2. The quantitative estimate of drug-likeness (QED) is 0.843. The average Bonchev–Trinajstić information content (AvgIpc) is 2.31. The van der Waals surface area contributed by atoms with E-state index >= 15 is 0 Å². The third-order valence-electron chi connectivity index (χ3n) is 2.88. The van der Waals surface area contributed by atoms with Crippen LogP contribution in [0.4, 0.5) is 5.69 Å². The van der Waals surface area contributed by atoms with Gasteiger partial charge in [-0.05, 0) is 64.0 Å². The minimum atomic E-state index is -0.236. The van der Waals surface area contributed by atoms with Gasteiger partial charge in [0, 0.05) is 18.3 Å². The maximum Gasteiger partial charge on any atom is 0.239 e. The Morgan fingerprint density at radius 1 is 1.29 bits per heavy atom. The lowest BCUT2D eigenvalue weighted by Crippen LogP contribution is -2.47. The van der Waals surface area contributed by atoms with Gasteiger partial charge in [0.15, 0.2) is 5.11 Å². The number of nitrogens with zero attached hydrogens (tertiary/aromatic N) is 1. The fraction of sp³-hybridized carbons (Fsp3) is 0.500. The summed E-state index contributed by atoms with van der Waals surface area (Å²) in [5, 5.41) is 6.65. The summed E-state index contributed by atoms with van der Waals surface area (Å²) in [6.07, 6.45) is 0. The Bertz CT molecular complexity index is 535. The Labute approximate surface area is 132 Å². The molecule has 0 radical (unpaired) electrons.